The van der Waals surface area contributed by atoms with Crippen LogP contribution in [0.5, 0.6) is 0 Å². The Morgan fingerprint density at radius 3 is 2.74 bits per heavy atom. The Morgan fingerprint density at radius 1 is 1.21 bits per heavy atom. The van der Waals surface area contributed by atoms with Gasteiger partial charge in [-0.25, -0.2) is 0 Å². The molecule has 1 aromatic carbocycles. The summed E-state index contributed by atoms with van der Waals surface area (Å²) in [6.45, 7) is 0. The largest absolute Gasteiger partial charge is 0.319 e. The molecule has 0 amide bonds. The molecule has 2 nitrogen and oxygen atoms in total. The van der Waals surface area contributed by atoms with Crippen LogP contribution < -0.4 is 5.73 Å². The summed E-state index contributed by atoms with van der Waals surface area (Å²) in [5.41, 5.74) is 9.53. The highest BCUT2D eigenvalue weighted by Gasteiger charge is 2.21. The molecule has 1 saturated carbocycles. The summed E-state index contributed by atoms with van der Waals surface area (Å²) in [6, 6.07) is 11.9. The third-order valence-electron chi connectivity index (χ3n) is 3.93. The second-order valence-electron chi connectivity index (χ2n) is 5.15. The smallest absolute Gasteiger partial charge is 0.0802 e. The maximum atomic E-state index is 6.30. The van der Waals surface area contributed by atoms with Gasteiger partial charge in [0.05, 0.1) is 16.8 Å². The van der Waals surface area contributed by atoms with Crippen molar-refractivity contribution in [2.24, 2.45) is 5.73 Å². The van der Waals surface area contributed by atoms with Gasteiger partial charge in [0.25, 0.3) is 0 Å². The lowest BCUT2D eigenvalue weighted by atomic mass is 9.79. The van der Waals surface area contributed by atoms with E-state index in [1.54, 1.807) is 6.20 Å². The monoisotopic (exact) mass is 272 g/mol. The van der Waals surface area contributed by atoms with E-state index in [-0.39, 0.29) is 6.04 Å². The molecular formula is C16H17ClN2. The fraction of sp³-hybridized carbons (Fsp3) is 0.312. The average Bonchev–Trinajstić information content (AvgIpc) is 2.37. The standard InChI is InChI=1S/C16H17ClN2/c17-14-8-3-9-19-16(14)15(18)13-7-2-6-12(10-13)11-4-1-5-11/h2-3,6-11,15H,1,4-5,18H2. The van der Waals surface area contributed by atoms with E-state index < -0.39 is 0 Å². The first-order valence-electron chi connectivity index (χ1n) is 6.71. The zero-order valence-electron chi connectivity index (χ0n) is 10.7. The summed E-state index contributed by atoms with van der Waals surface area (Å²) < 4.78 is 0. The molecule has 0 spiro atoms. The fourth-order valence-corrected chi connectivity index (χ4v) is 2.77. The molecule has 0 saturated heterocycles. The summed E-state index contributed by atoms with van der Waals surface area (Å²) in [5, 5.41) is 0.629. The van der Waals surface area contributed by atoms with Crippen LogP contribution in [0.4, 0.5) is 0 Å². The Kier molecular flexibility index (Phi) is 3.54. The Bertz CT molecular complexity index is 578. The van der Waals surface area contributed by atoms with Gasteiger partial charge in [-0.2, -0.15) is 0 Å². The number of pyridine rings is 1. The molecule has 1 atom stereocenters. The predicted octanol–water partition coefficient (Wildman–Crippen LogP) is 4.05. The lowest BCUT2D eigenvalue weighted by Gasteiger charge is -2.26. The molecule has 1 fully saturated rings. The lowest BCUT2D eigenvalue weighted by molar-refractivity contribution is 0.419. The molecule has 2 aromatic rings. The van der Waals surface area contributed by atoms with Gasteiger partial charge in [-0.15, -0.1) is 0 Å². The van der Waals surface area contributed by atoms with Gasteiger partial charge in [-0.3, -0.25) is 4.98 Å². The van der Waals surface area contributed by atoms with Crippen molar-refractivity contribution in [1.82, 2.24) is 4.98 Å². The number of nitrogens with two attached hydrogens (primary N) is 1. The molecule has 2 N–H and O–H groups in total. The van der Waals surface area contributed by atoms with Crippen LogP contribution in [0.15, 0.2) is 42.6 Å². The highest BCUT2D eigenvalue weighted by atomic mass is 35.5. The normalized spacial score (nSPS) is 16.9. The maximum Gasteiger partial charge on any atom is 0.0802 e. The first-order chi connectivity index (χ1) is 9.25. The second-order valence-corrected chi connectivity index (χ2v) is 5.55. The second kappa shape index (κ2) is 5.32. The summed E-state index contributed by atoms with van der Waals surface area (Å²) in [6.07, 6.45) is 5.66. The highest BCUT2D eigenvalue weighted by Crippen LogP contribution is 2.37. The van der Waals surface area contributed by atoms with Gasteiger partial charge >= 0.3 is 0 Å². The van der Waals surface area contributed by atoms with Gasteiger partial charge in [-0.1, -0.05) is 42.3 Å². The minimum absolute atomic E-state index is 0.256. The molecule has 98 valence electrons. The Balaban J connectivity index is 1.91. The van der Waals surface area contributed by atoms with Crippen molar-refractivity contribution in [3.63, 3.8) is 0 Å². The van der Waals surface area contributed by atoms with Gasteiger partial charge in [0, 0.05) is 6.20 Å². The first kappa shape index (κ1) is 12.6. The lowest BCUT2D eigenvalue weighted by Crippen LogP contribution is -2.15. The van der Waals surface area contributed by atoms with Crippen LogP contribution >= 0.6 is 11.6 Å². The Labute approximate surface area is 118 Å². The van der Waals surface area contributed by atoms with Crippen molar-refractivity contribution in [3.05, 3.63) is 64.4 Å². The fourth-order valence-electron chi connectivity index (χ4n) is 2.53. The molecule has 1 unspecified atom stereocenters. The number of hydrogen-bond acceptors (Lipinski definition) is 2. The van der Waals surface area contributed by atoms with Crippen LogP contribution in [-0.4, -0.2) is 4.98 Å². The van der Waals surface area contributed by atoms with Gasteiger partial charge in [0.2, 0.25) is 0 Å². The zero-order valence-corrected chi connectivity index (χ0v) is 11.5. The number of hydrogen-bond donors (Lipinski definition) is 1. The van der Waals surface area contributed by atoms with E-state index in [9.17, 15) is 0 Å². The van der Waals surface area contributed by atoms with Crippen molar-refractivity contribution in [1.29, 1.82) is 0 Å². The molecule has 0 bridgehead atoms. The maximum absolute atomic E-state index is 6.30. The third-order valence-corrected chi connectivity index (χ3v) is 4.25. The van der Waals surface area contributed by atoms with Crippen LogP contribution in [0.3, 0.4) is 0 Å². The van der Waals surface area contributed by atoms with E-state index >= 15 is 0 Å². The van der Waals surface area contributed by atoms with Crippen molar-refractivity contribution in [2.45, 2.75) is 31.2 Å². The summed E-state index contributed by atoms with van der Waals surface area (Å²) >= 11 is 6.17. The summed E-state index contributed by atoms with van der Waals surface area (Å²) in [5.74, 6) is 0.714. The van der Waals surface area contributed by atoms with Crippen molar-refractivity contribution in [3.8, 4) is 0 Å². The molecule has 19 heavy (non-hydrogen) atoms. The minimum atomic E-state index is -0.256. The number of rotatable bonds is 3. The predicted molar refractivity (Wildman–Crippen MR) is 78.3 cm³/mol. The molecule has 1 heterocycles. The molecule has 1 aliphatic carbocycles. The SMILES string of the molecule is NC(c1cccc(C2CCC2)c1)c1ncccc1Cl. The van der Waals surface area contributed by atoms with Crippen LogP contribution in [0.1, 0.15) is 48.0 Å². The van der Waals surface area contributed by atoms with Crippen LogP contribution in [-0.2, 0) is 0 Å². The topological polar surface area (TPSA) is 38.9 Å². The van der Waals surface area contributed by atoms with Gasteiger partial charge in [-0.05, 0) is 42.0 Å². The van der Waals surface area contributed by atoms with E-state index in [4.69, 9.17) is 17.3 Å². The van der Waals surface area contributed by atoms with E-state index in [1.165, 1.54) is 24.8 Å². The van der Waals surface area contributed by atoms with Crippen molar-refractivity contribution in [2.75, 3.05) is 0 Å². The first-order valence-corrected chi connectivity index (χ1v) is 7.09. The van der Waals surface area contributed by atoms with Crippen LogP contribution in [0, 0.1) is 0 Å². The number of halogens is 1. The average molecular weight is 273 g/mol. The summed E-state index contributed by atoms with van der Waals surface area (Å²) in [7, 11) is 0. The summed E-state index contributed by atoms with van der Waals surface area (Å²) in [4.78, 5) is 4.31. The van der Waals surface area contributed by atoms with E-state index in [2.05, 4.69) is 29.2 Å². The minimum Gasteiger partial charge on any atom is -0.319 e. The van der Waals surface area contributed by atoms with Crippen molar-refractivity contribution < 1.29 is 0 Å². The van der Waals surface area contributed by atoms with E-state index in [1.807, 2.05) is 12.1 Å². The Hall–Kier alpha value is -1.38. The third kappa shape index (κ3) is 2.51. The van der Waals surface area contributed by atoms with Gasteiger partial charge in [0.15, 0.2) is 0 Å². The van der Waals surface area contributed by atoms with E-state index in [0.717, 1.165) is 11.3 Å². The highest BCUT2D eigenvalue weighted by molar-refractivity contribution is 6.31. The van der Waals surface area contributed by atoms with Gasteiger partial charge in [0.1, 0.15) is 0 Å². The quantitative estimate of drug-likeness (QED) is 0.915. The number of nitrogens with zero attached hydrogens (tertiary/aromatic N) is 1. The number of benzene rings is 1. The zero-order chi connectivity index (χ0) is 13.2. The van der Waals surface area contributed by atoms with E-state index in [0.29, 0.717) is 10.9 Å². The van der Waals surface area contributed by atoms with Crippen LogP contribution in [0.2, 0.25) is 5.02 Å². The van der Waals surface area contributed by atoms with Crippen molar-refractivity contribution >= 4 is 11.6 Å². The molecule has 0 radical (unpaired) electrons. The molecular weight excluding hydrogens is 256 g/mol. The van der Waals surface area contributed by atoms with Gasteiger partial charge < -0.3 is 5.73 Å². The van der Waals surface area contributed by atoms with Crippen LogP contribution in [0.25, 0.3) is 0 Å². The molecule has 3 rings (SSSR count). The molecule has 1 aromatic heterocycles. The Morgan fingerprint density at radius 2 is 2.05 bits per heavy atom. The molecule has 0 aliphatic heterocycles. The molecule has 3 heteroatoms. The number of aromatic nitrogens is 1. The molecule has 1 aliphatic rings.